The lowest BCUT2D eigenvalue weighted by molar-refractivity contribution is -0.136. The van der Waals surface area contributed by atoms with Gasteiger partial charge in [0.1, 0.15) is 23.7 Å². The molecule has 278 valence electrons. The minimum atomic E-state index is -1.16. The van der Waals surface area contributed by atoms with Crippen LogP contribution in [0, 0.1) is 17.1 Å². The molecule has 0 radical (unpaired) electrons. The molecule has 14 nitrogen and oxygen atoms in total. The average Bonchev–Trinajstić information content (AvgIpc) is 3.54. The molecule has 4 aliphatic heterocycles. The molecule has 3 saturated heterocycles. The molecule has 3 atom stereocenters. The number of anilines is 1. The molecule has 8 rings (SSSR count). The zero-order valence-electron chi connectivity index (χ0n) is 29.1. The molecular formula is C38H36ClFN8O6. The van der Waals surface area contributed by atoms with E-state index in [9.17, 15) is 24.0 Å². The number of carbonyl (C=O) groups is 5. The van der Waals surface area contributed by atoms with Gasteiger partial charge in [-0.3, -0.25) is 39.1 Å². The molecule has 1 aliphatic carbocycles. The quantitative estimate of drug-likeness (QED) is 0.322. The Morgan fingerprint density at radius 2 is 1.72 bits per heavy atom. The van der Waals surface area contributed by atoms with E-state index >= 15 is 4.39 Å². The highest BCUT2D eigenvalue weighted by atomic mass is 35.5. The fourth-order valence-corrected chi connectivity index (χ4v) is 8.58. The fourth-order valence-electron chi connectivity index (χ4n) is 8.37. The molecule has 5 amide bonds. The van der Waals surface area contributed by atoms with Gasteiger partial charge in [0.2, 0.25) is 11.8 Å². The Hall–Kier alpha value is -5.46. The number of nitrogens with one attached hydrogen (secondary N) is 2. The van der Waals surface area contributed by atoms with Crippen LogP contribution >= 0.6 is 11.6 Å². The van der Waals surface area contributed by atoms with Crippen molar-refractivity contribution in [2.75, 3.05) is 18.0 Å². The Bertz CT molecular complexity index is 2090. The molecule has 5 heterocycles. The second-order valence-corrected chi connectivity index (χ2v) is 14.9. The Labute approximate surface area is 314 Å². The number of ether oxygens (including phenoxy) is 1. The zero-order chi connectivity index (χ0) is 37.7. The molecule has 2 bridgehead atoms. The standard InChI is InChI=1S/C38H36ClFN8O6/c39-28-15-26(7-1-20(28)16-41)54-25-8-3-22(4-9-25)42-35(50)29-11-13-31(45-44-29)46-18-23-5-6-24(19-46)47(23)17-21-2-10-27-33(34(21)40)38(53)48(37(27)52)30-12-14-32(49)43-36(30)51/h1-2,7,10-11,13,15,22-25,30H,3-6,8-9,12,14,17-19H2,(H,42,50)(H,43,49,51). The van der Waals surface area contributed by atoms with E-state index in [4.69, 9.17) is 21.6 Å². The summed E-state index contributed by atoms with van der Waals surface area (Å²) in [5.41, 5.74) is 0.491. The summed E-state index contributed by atoms with van der Waals surface area (Å²) in [5.74, 6) is -2.63. The average molecular weight is 755 g/mol. The summed E-state index contributed by atoms with van der Waals surface area (Å²) in [6.07, 6.45) is 4.72. The van der Waals surface area contributed by atoms with E-state index < -0.39 is 35.5 Å². The number of hydrogen-bond acceptors (Lipinski definition) is 11. The van der Waals surface area contributed by atoms with Crippen molar-refractivity contribution < 1.29 is 33.1 Å². The molecule has 2 N–H and O–H groups in total. The Morgan fingerprint density at radius 3 is 2.39 bits per heavy atom. The Morgan fingerprint density at radius 1 is 0.963 bits per heavy atom. The van der Waals surface area contributed by atoms with Crippen LogP contribution in [0.25, 0.3) is 0 Å². The third kappa shape index (κ3) is 6.64. The van der Waals surface area contributed by atoms with Crippen LogP contribution in [-0.2, 0) is 16.1 Å². The van der Waals surface area contributed by atoms with Crippen LogP contribution in [-0.4, -0.2) is 92.9 Å². The molecule has 1 saturated carbocycles. The molecule has 3 unspecified atom stereocenters. The third-order valence-corrected chi connectivity index (χ3v) is 11.5. The summed E-state index contributed by atoms with van der Waals surface area (Å²) in [4.78, 5) is 68.6. The van der Waals surface area contributed by atoms with Gasteiger partial charge in [0.15, 0.2) is 11.5 Å². The van der Waals surface area contributed by atoms with E-state index in [-0.39, 0.29) is 71.9 Å². The molecule has 54 heavy (non-hydrogen) atoms. The van der Waals surface area contributed by atoms with Crippen LogP contribution in [0.15, 0.2) is 42.5 Å². The summed E-state index contributed by atoms with van der Waals surface area (Å²) in [7, 11) is 0. The van der Waals surface area contributed by atoms with Crippen molar-refractivity contribution >= 4 is 47.0 Å². The van der Waals surface area contributed by atoms with Crippen molar-refractivity contribution in [2.45, 2.75) is 88.2 Å². The lowest BCUT2D eigenvalue weighted by atomic mass is 9.93. The summed E-state index contributed by atoms with van der Waals surface area (Å²) in [6.45, 7) is 1.47. The smallest absolute Gasteiger partial charge is 0.272 e. The number of nitriles is 1. The first-order chi connectivity index (χ1) is 26.1. The van der Waals surface area contributed by atoms with Crippen molar-refractivity contribution in [3.8, 4) is 11.8 Å². The number of benzene rings is 2. The molecule has 1 aromatic heterocycles. The molecule has 2 aromatic carbocycles. The maximum Gasteiger partial charge on any atom is 0.272 e. The van der Waals surface area contributed by atoms with Crippen molar-refractivity contribution in [3.05, 3.63) is 81.3 Å². The van der Waals surface area contributed by atoms with Gasteiger partial charge in [-0.2, -0.15) is 5.26 Å². The van der Waals surface area contributed by atoms with E-state index in [1.54, 1.807) is 30.3 Å². The van der Waals surface area contributed by atoms with Gasteiger partial charge in [0.25, 0.3) is 17.7 Å². The number of halogens is 2. The topological polar surface area (TPSA) is 178 Å². The summed E-state index contributed by atoms with van der Waals surface area (Å²) in [6, 6.07) is 12.5. The van der Waals surface area contributed by atoms with E-state index in [0.717, 1.165) is 43.4 Å². The number of piperazine rings is 1. The minimum Gasteiger partial charge on any atom is -0.490 e. The maximum absolute atomic E-state index is 16.0. The maximum atomic E-state index is 16.0. The number of rotatable bonds is 8. The number of amides is 5. The number of fused-ring (bicyclic) bond motifs is 3. The second-order valence-electron chi connectivity index (χ2n) is 14.5. The number of aromatic nitrogens is 2. The van der Waals surface area contributed by atoms with Crippen LogP contribution in [0.4, 0.5) is 10.2 Å². The highest BCUT2D eigenvalue weighted by Crippen LogP contribution is 2.36. The third-order valence-electron chi connectivity index (χ3n) is 11.2. The molecule has 3 aromatic rings. The van der Waals surface area contributed by atoms with Crippen molar-refractivity contribution in [1.29, 1.82) is 5.26 Å². The first kappa shape index (κ1) is 35.6. The molecule has 0 spiro atoms. The van der Waals surface area contributed by atoms with Gasteiger partial charge in [0.05, 0.1) is 27.8 Å². The van der Waals surface area contributed by atoms with Gasteiger partial charge in [-0.1, -0.05) is 17.7 Å². The summed E-state index contributed by atoms with van der Waals surface area (Å²) in [5, 5.41) is 23.3. The summed E-state index contributed by atoms with van der Waals surface area (Å²) < 4.78 is 22.1. The number of carbonyl (C=O) groups excluding carboxylic acids is 5. The van der Waals surface area contributed by atoms with E-state index in [2.05, 4.69) is 30.6 Å². The van der Waals surface area contributed by atoms with Crippen molar-refractivity contribution in [1.82, 2.24) is 30.6 Å². The number of piperidine rings is 1. The van der Waals surface area contributed by atoms with Crippen LogP contribution in [0.1, 0.15) is 93.7 Å². The minimum absolute atomic E-state index is 0.00384. The van der Waals surface area contributed by atoms with Crippen LogP contribution in [0.2, 0.25) is 5.02 Å². The van der Waals surface area contributed by atoms with Crippen LogP contribution < -0.4 is 20.3 Å². The lowest BCUT2D eigenvalue weighted by Gasteiger charge is -2.41. The van der Waals surface area contributed by atoms with Gasteiger partial charge in [-0.25, -0.2) is 4.39 Å². The first-order valence-corrected chi connectivity index (χ1v) is 18.5. The van der Waals surface area contributed by atoms with Gasteiger partial charge >= 0.3 is 0 Å². The SMILES string of the molecule is N#Cc1ccc(OC2CCC(NC(=O)c3ccc(N4CC5CCC(C4)N5Cc4ccc5c(c4F)C(=O)N(C4CCC(=O)NC4=O)C5=O)nn3)CC2)cc1Cl. The second kappa shape index (κ2) is 14.4. The Balaban J connectivity index is 0.849. The fraction of sp³-hybridized carbons (Fsp3) is 0.421. The highest BCUT2D eigenvalue weighted by molar-refractivity contribution is 6.31. The Kier molecular flexibility index (Phi) is 9.49. The number of nitrogens with zero attached hydrogens (tertiary/aromatic N) is 6. The molecule has 16 heteroatoms. The van der Waals surface area contributed by atoms with E-state index in [1.165, 1.54) is 12.1 Å². The molecule has 5 aliphatic rings. The number of hydrogen-bond donors (Lipinski definition) is 2. The molecular weight excluding hydrogens is 719 g/mol. The van der Waals surface area contributed by atoms with Crippen LogP contribution in [0.3, 0.4) is 0 Å². The highest BCUT2D eigenvalue weighted by Gasteiger charge is 2.47. The van der Waals surface area contributed by atoms with Gasteiger partial charge in [0, 0.05) is 55.8 Å². The van der Waals surface area contributed by atoms with E-state index in [1.807, 2.05) is 6.07 Å². The van der Waals surface area contributed by atoms with Crippen molar-refractivity contribution in [3.63, 3.8) is 0 Å². The predicted molar refractivity (Wildman–Crippen MR) is 190 cm³/mol. The predicted octanol–water partition coefficient (Wildman–Crippen LogP) is 3.52. The largest absolute Gasteiger partial charge is 0.490 e. The first-order valence-electron chi connectivity index (χ1n) is 18.1. The number of imide groups is 2. The monoisotopic (exact) mass is 754 g/mol. The van der Waals surface area contributed by atoms with Crippen LogP contribution in [0.5, 0.6) is 5.75 Å². The van der Waals surface area contributed by atoms with Gasteiger partial charge < -0.3 is 15.0 Å². The van der Waals surface area contributed by atoms with Crippen molar-refractivity contribution in [2.24, 2.45) is 0 Å². The van der Waals surface area contributed by atoms with Gasteiger partial charge in [-0.05, 0) is 75.3 Å². The zero-order valence-corrected chi connectivity index (χ0v) is 29.9. The van der Waals surface area contributed by atoms with Gasteiger partial charge in [-0.15, -0.1) is 10.2 Å². The normalized spacial score (nSPS) is 25.3. The van der Waals surface area contributed by atoms with E-state index in [0.29, 0.717) is 35.2 Å². The molecule has 4 fully saturated rings. The lowest BCUT2D eigenvalue weighted by Crippen LogP contribution is -2.54. The summed E-state index contributed by atoms with van der Waals surface area (Å²) >= 11 is 6.13.